The first-order valence-corrected chi connectivity index (χ1v) is 9.75. The number of thioether (sulfide) groups is 1. The average Bonchev–Trinajstić information content (AvgIpc) is 2.69. The Morgan fingerprint density at radius 1 is 1.03 bits per heavy atom. The average molecular weight is 409 g/mol. The van der Waals surface area contributed by atoms with Gasteiger partial charge < -0.3 is 10.6 Å². The van der Waals surface area contributed by atoms with Crippen molar-refractivity contribution in [1.82, 2.24) is 15.2 Å². The van der Waals surface area contributed by atoms with Crippen LogP contribution in [0.2, 0.25) is 0 Å². The van der Waals surface area contributed by atoms with E-state index >= 15 is 0 Å². The normalized spacial score (nSPS) is 10.4. The number of carbonyl (C=O) groups is 2. The fourth-order valence-electron chi connectivity index (χ4n) is 2.62. The van der Waals surface area contributed by atoms with Gasteiger partial charge in [0.25, 0.3) is 5.56 Å². The number of aromatic nitrogens is 3. The number of hydrogen-bond acceptors (Lipinski definition) is 6. The molecule has 3 rings (SSSR count). The Balaban J connectivity index is 1.74. The lowest BCUT2D eigenvalue weighted by Crippen LogP contribution is -2.18. The van der Waals surface area contributed by atoms with Crippen molar-refractivity contribution < 1.29 is 9.59 Å². The molecular formula is C20H19N5O3S. The van der Waals surface area contributed by atoms with Crippen molar-refractivity contribution in [3.05, 3.63) is 64.4 Å². The largest absolute Gasteiger partial charge is 0.325 e. The summed E-state index contributed by atoms with van der Waals surface area (Å²) < 4.78 is 0. The van der Waals surface area contributed by atoms with Gasteiger partial charge in [-0.1, -0.05) is 48.2 Å². The summed E-state index contributed by atoms with van der Waals surface area (Å²) >= 11 is 1.07. The van der Waals surface area contributed by atoms with E-state index in [0.717, 1.165) is 17.3 Å². The molecule has 0 saturated carbocycles. The summed E-state index contributed by atoms with van der Waals surface area (Å²) in [6.45, 7) is 3.22. The molecule has 3 aromatic rings. The number of carbonyl (C=O) groups excluding carboxylic acids is 2. The highest BCUT2D eigenvalue weighted by Crippen LogP contribution is 2.27. The third-order valence-electron chi connectivity index (χ3n) is 3.90. The third-order valence-corrected chi connectivity index (χ3v) is 4.77. The number of anilines is 2. The minimum absolute atomic E-state index is 0.0699. The zero-order valence-corrected chi connectivity index (χ0v) is 16.7. The molecule has 0 aliphatic carbocycles. The maximum absolute atomic E-state index is 12.5. The van der Waals surface area contributed by atoms with Crippen molar-refractivity contribution in [2.45, 2.75) is 19.0 Å². The van der Waals surface area contributed by atoms with Gasteiger partial charge in [0.15, 0.2) is 10.9 Å². The predicted octanol–water partition coefficient (Wildman–Crippen LogP) is 2.83. The molecule has 0 bridgehead atoms. The van der Waals surface area contributed by atoms with E-state index in [9.17, 15) is 14.4 Å². The zero-order chi connectivity index (χ0) is 20.8. The molecule has 0 unspecified atom stereocenters. The van der Waals surface area contributed by atoms with E-state index in [1.165, 1.54) is 6.92 Å². The fourth-order valence-corrected chi connectivity index (χ4v) is 3.23. The van der Waals surface area contributed by atoms with Crippen molar-refractivity contribution in [3.8, 4) is 11.3 Å². The smallest absolute Gasteiger partial charge is 0.278 e. The number of H-pyrrole nitrogens is 1. The first-order valence-electron chi connectivity index (χ1n) is 8.76. The summed E-state index contributed by atoms with van der Waals surface area (Å²) in [5.74, 6) is -0.401. The van der Waals surface area contributed by atoms with Gasteiger partial charge in [-0.25, -0.2) is 0 Å². The highest BCUT2D eigenvalue weighted by molar-refractivity contribution is 7.99. The first kappa shape index (κ1) is 20.3. The van der Waals surface area contributed by atoms with E-state index in [4.69, 9.17) is 0 Å². The molecule has 0 aliphatic heterocycles. The molecule has 0 atom stereocenters. The molecule has 1 aromatic heterocycles. The second kappa shape index (κ2) is 9.16. The summed E-state index contributed by atoms with van der Waals surface area (Å²) in [6.07, 6.45) is 0. The molecule has 0 saturated heterocycles. The minimum Gasteiger partial charge on any atom is -0.325 e. The number of hydrogen-bond donors (Lipinski definition) is 3. The predicted molar refractivity (Wildman–Crippen MR) is 113 cm³/mol. The SMILES string of the molecule is CC(=O)Nc1c(C)cccc1-c1nnc(SCC(=O)Nc2ccccc2)[nH]c1=O. The van der Waals surface area contributed by atoms with Crippen LogP contribution in [0.25, 0.3) is 11.3 Å². The quantitative estimate of drug-likeness (QED) is 0.539. The number of amides is 2. The van der Waals surface area contributed by atoms with Crippen LogP contribution in [0.4, 0.5) is 11.4 Å². The van der Waals surface area contributed by atoms with Gasteiger partial charge in [0, 0.05) is 18.2 Å². The summed E-state index contributed by atoms with van der Waals surface area (Å²) in [5, 5.41) is 13.7. The number of para-hydroxylation sites is 2. The van der Waals surface area contributed by atoms with E-state index in [1.54, 1.807) is 24.3 Å². The number of nitrogens with one attached hydrogen (secondary N) is 3. The molecule has 2 amide bonds. The van der Waals surface area contributed by atoms with Gasteiger partial charge in [-0.15, -0.1) is 10.2 Å². The fraction of sp³-hybridized carbons (Fsp3) is 0.150. The molecule has 3 N–H and O–H groups in total. The molecule has 8 nitrogen and oxygen atoms in total. The molecule has 0 aliphatic rings. The highest BCUT2D eigenvalue weighted by Gasteiger charge is 2.15. The van der Waals surface area contributed by atoms with Crippen molar-refractivity contribution in [3.63, 3.8) is 0 Å². The summed E-state index contributed by atoms with van der Waals surface area (Å²) in [4.78, 5) is 38.7. The maximum Gasteiger partial charge on any atom is 0.278 e. The van der Waals surface area contributed by atoms with Gasteiger partial charge in [-0.3, -0.25) is 19.4 Å². The second-order valence-corrected chi connectivity index (χ2v) is 7.15. The standard InChI is InChI=1S/C20H19N5O3S/c1-12-7-6-10-15(17(12)21-13(2)26)18-19(28)23-20(25-24-18)29-11-16(27)22-14-8-4-3-5-9-14/h3-10H,11H2,1-2H3,(H,21,26)(H,22,27)(H,23,25,28). The van der Waals surface area contributed by atoms with Crippen LogP contribution in [0.3, 0.4) is 0 Å². The zero-order valence-electron chi connectivity index (χ0n) is 15.9. The summed E-state index contributed by atoms with van der Waals surface area (Å²) in [7, 11) is 0. The molecule has 0 radical (unpaired) electrons. The van der Waals surface area contributed by atoms with E-state index in [2.05, 4.69) is 25.8 Å². The molecule has 0 spiro atoms. The number of nitrogens with zero attached hydrogens (tertiary/aromatic N) is 2. The number of aromatic amines is 1. The van der Waals surface area contributed by atoms with Crippen LogP contribution in [0, 0.1) is 6.92 Å². The van der Waals surface area contributed by atoms with Crippen LogP contribution < -0.4 is 16.2 Å². The van der Waals surface area contributed by atoms with Crippen molar-refractivity contribution in [2.75, 3.05) is 16.4 Å². The van der Waals surface area contributed by atoms with Gasteiger partial charge in [0.2, 0.25) is 11.8 Å². The van der Waals surface area contributed by atoms with Gasteiger partial charge in [0.05, 0.1) is 11.4 Å². The van der Waals surface area contributed by atoms with Gasteiger partial charge in [0.1, 0.15) is 0 Å². The molecular weight excluding hydrogens is 390 g/mol. The molecule has 1 heterocycles. The lowest BCUT2D eigenvalue weighted by atomic mass is 10.1. The summed E-state index contributed by atoms with van der Waals surface area (Å²) in [5.41, 5.74) is 2.13. The topological polar surface area (TPSA) is 117 Å². The molecule has 0 fully saturated rings. The minimum atomic E-state index is -0.455. The molecule has 2 aromatic carbocycles. The Morgan fingerprint density at radius 2 is 1.79 bits per heavy atom. The molecule has 148 valence electrons. The Morgan fingerprint density at radius 3 is 2.48 bits per heavy atom. The van der Waals surface area contributed by atoms with Crippen LogP contribution >= 0.6 is 11.8 Å². The van der Waals surface area contributed by atoms with Gasteiger partial charge in [-0.2, -0.15) is 0 Å². The Bertz CT molecular complexity index is 1100. The number of benzene rings is 2. The summed E-state index contributed by atoms with van der Waals surface area (Å²) in [6, 6.07) is 14.4. The van der Waals surface area contributed by atoms with Crippen LogP contribution in [0.5, 0.6) is 0 Å². The van der Waals surface area contributed by atoms with Crippen LogP contribution in [-0.2, 0) is 9.59 Å². The maximum atomic E-state index is 12.5. The molecule has 29 heavy (non-hydrogen) atoms. The lowest BCUT2D eigenvalue weighted by Gasteiger charge is -2.11. The Labute approximate surface area is 171 Å². The monoisotopic (exact) mass is 409 g/mol. The lowest BCUT2D eigenvalue weighted by molar-refractivity contribution is -0.114. The van der Waals surface area contributed by atoms with Crippen molar-refractivity contribution in [1.29, 1.82) is 0 Å². The highest BCUT2D eigenvalue weighted by atomic mass is 32.2. The van der Waals surface area contributed by atoms with Crippen molar-refractivity contribution in [2.24, 2.45) is 0 Å². The van der Waals surface area contributed by atoms with Crippen LogP contribution in [0.15, 0.2) is 58.5 Å². The van der Waals surface area contributed by atoms with E-state index in [-0.39, 0.29) is 28.4 Å². The number of rotatable bonds is 6. The van der Waals surface area contributed by atoms with Crippen LogP contribution in [0.1, 0.15) is 12.5 Å². The molecule has 9 heteroatoms. The third kappa shape index (κ3) is 5.29. The van der Waals surface area contributed by atoms with Crippen LogP contribution in [-0.4, -0.2) is 32.7 Å². The Kier molecular flexibility index (Phi) is 6.40. The van der Waals surface area contributed by atoms with E-state index in [1.807, 2.05) is 31.2 Å². The van der Waals surface area contributed by atoms with Crippen molar-refractivity contribution >= 4 is 35.0 Å². The van der Waals surface area contributed by atoms with E-state index in [0.29, 0.717) is 16.9 Å². The number of aryl methyl sites for hydroxylation is 1. The van der Waals surface area contributed by atoms with E-state index < -0.39 is 5.56 Å². The first-order chi connectivity index (χ1) is 13.9. The second-order valence-electron chi connectivity index (χ2n) is 6.19. The van der Waals surface area contributed by atoms with Gasteiger partial charge in [-0.05, 0) is 24.6 Å². The van der Waals surface area contributed by atoms with Gasteiger partial charge >= 0.3 is 0 Å². The Hall–Kier alpha value is -3.46.